The SMILES string of the molecule is NC1CCN(C(=O)CC2CN(Cc3ccccc3)CCO2)CC1. The van der Waals surface area contributed by atoms with Crippen LogP contribution in [0.4, 0.5) is 0 Å². The molecule has 3 rings (SSSR count). The standard InChI is InChI=1S/C18H27N3O2/c19-16-6-8-21(9-7-16)18(22)12-17-14-20(10-11-23-17)13-15-4-2-1-3-5-15/h1-5,16-17H,6-14,19H2. The van der Waals surface area contributed by atoms with E-state index in [0.29, 0.717) is 13.0 Å². The molecule has 0 saturated carbocycles. The van der Waals surface area contributed by atoms with Gasteiger partial charge in [0.1, 0.15) is 0 Å². The Kier molecular flexibility index (Phi) is 5.65. The van der Waals surface area contributed by atoms with E-state index < -0.39 is 0 Å². The van der Waals surface area contributed by atoms with Crippen molar-refractivity contribution in [2.24, 2.45) is 5.73 Å². The number of morpholine rings is 1. The third kappa shape index (κ3) is 4.77. The normalized spacial score (nSPS) is 23.9. The second kappa shape index (κ2) is 7.90. The van der Waals surface area contributed by atoms with Crippen LogP contribution in [0.3, 0.4) is 0 Å². The number of nitrogens with two attached hydrogens (primary N) is 1. The molecular weight excluding hydrogens is 290 g/mol. The highest BCUT2D eigenvalue weighted by Gasteiger charge is 2.27. The van der Waals surface area contributed by atoms with Gasteiger partial charge in [-0.15, -0.1) is 0 Å². The number of hydrogen-bond donors (Lipinski definition) is 1. The zero-order chi connectivity index (χ0) is 16.1. The first-order chi connectivity index (χ1) is 11.2. The summed E-state index contributed by atoms with van der Waals surface area (Å²) in [6.45, 7) is 4.97. The van der Waals surface area contributed by atoms with Crippen molar-refractivity contribution in [3.8, 4) is 0 Å². The average molecular weight is 317 g/mol. The fraction of sp³-hybridized carbons (Fsp3) is 0.611. The van der Waals surface area contributed by atoms with Crippen molar-refractivity contribution in [2.45, 2.75) is 38.0 Å². The van der Waals surface area contributed by atoms with Crippen molar-refractivity contribution in [1.82, 2.24) is 9.80 Å². The summed E-state index contributed by atoms with van der Waals surface area (Å²) in [6, 6.07) is 10.7. The molecule has 2 aliphatic heterocycles. The highest BCUT2D eigenvalue weighted by atomic mass is 16.5. The summed E-state index contributed by atoms with van der Waals surface area (Å²) >= 11 is 0. The van der Waals surface area contributed by atoms with E-state index in [1.165, 1.54) is 5.56 Å². The van der Waals surface area contributed by atoms with Crippen LogP contribution in [0.15, 0.2) is 30.3 Å². The quantitative estimate of drug-likeness (QED) is 0.907. The third-order valence-corrected chi connectivity index (χ3v) is 4.77. The Morgan fingerprint density at radius 2 is 1.91 bits per heavy atom. The highest BCUT2D eigenvalue weighted by Crippen LogP contribution is 2.15. The van der Waals surface area contributed by atoms with Crippen molar-refractivity contribution >= 4 is 5.91 Å². The molecule has 2 saturated heterocycles. The number of piperidine rings is 1. The van der Waals surface area contributed by atoms with Gasteiger partial charge >= 0.3 is 0 Å². The smallest absolute Gasteiger partial charge is 0.225 e. The lowest BCUT2D eigenvalue weighted by atomic mass is 10.0. The number of carbonyl (C=O) groups excluding carboxylic acids is 1. The Balaban J connectivity index is 1.47. The van der Waals surface area contributed by atoms with Crippen LogP contribution >= 0.6 is 0 Å². The maximum atomic E-state index is 12.4. The molecule has 5 nitrogen and oxygen atoms in total. The molecule has 1 amide bonds. The van der Waals surface area contributed by atoms with Gasteiger partial charge < -0.3 is 15.4 Å². The van der Waals surface area contributed by atoms with E-state index in [2.05, 4.69) is 29.2 Å². The Labute approximate surface area is 138 Å². The van der Waals surface area contributed by atoms with E-state index in [-0.39, 0.29) is 18.1 Å². The number of amides is 1. The van der Waals surface area contributed by atoms with E-state index in [4.69, 9.17) is 10.5 Å². The topological polar surface area (TPSA) is 58.8 Å². The van der Waals surface area contributed by atoms with Crippen LogP contribution < -0.4 is 5.73 Å². The summed E-state index contributed by atoms with van der Waals surface area (Å²) in [6.07, 6.45) is 2.32. The fourth-order valence-electron chi connectivity index (χ4n) is 3.36. The van der Waals surface area contributed by atoms with Crippen LogP contribution in [0, 0.1) is 0 Å². The van der Waals surface area contributed by atoms with E-state index in [9.17, 15) is 4.79 Å². The predicted molar refractivity (Wildman–Crippen MR) is 89.9 cm³/mol. The maximum Gasteiger partial charge on any atom is 0.225 e. The van der Waals surface area contributed by atoms with Gasteiger partial charge in [0.15, 0.2) is 0 Å². The molecule has 1 aromatic carbocycles. The van der Waals surface area contributed by atoms with Crippen LogP contribution in [0.5, 0.6) is 0 Å². The predicted octanol–water partition coefficient (Wildman–Crippen LogP) is 1.23. The van der Waals surface area contributed by atoms with Gasteiger partial charge in [-0.3, -0.25) is 9.69 Å². The van der Waals surface area contributed by atoms with Gasteiger partial charge in [0.05, 0.1) is 19.1 Å². The lowest BCUT2D eigenvalue weighted by molar-refractivity contribution is -0.137. The second-order valence-corrected chi connectivity index (χ2v) is 6.64. The minimum atomic E-state index is 0.00978. The molecule has 5 heteroatoms. The summed E-state index contributed by atoms with van der Waals surface area (Å²) < 4.78 is 5.81. The number of likely N-dealkylation sites (tertiary alicyclic amines) is 1. The first-order valence-electron chi connectivity index (χ1n) is 8.62. The molecule has 1 atom stereocenters. The zero-order valence-corrected chi connectivity index (χ0v) is 13.7. The van der Waals surface area contributed by atoms with Crippen LogP contribution in [-0.2, 0) is 16.1 Å². The zero-order valence-electron chi connectivity index (χ0n) is 13.7. The van der Waals surface area contributed by atoms with Gasteiger partial charge in [-0.2, -0.15) is 0 Å². The first-order valence-corrected chi connectivity index (χ1v) is 8.62. The molecule has 0 radical (unpaired) electrons. The maximum absolute atomic E-state index is 12.4. The number of nitrogens with zero attached hydrogens (tertiary/aromatic N) is 2. The molecule has 2 N–H and O–H groups in total. The van der Waals surface area contributed by atoms with Crippen LogP contribution in [-0.4, -0.2) is 60.6 Å². The molecule has 0 spiro atoms. The van der Waals surface area contributed by atoms with Gasteiger partial charge in [-0.05, 0) is 18.4 Å². The van der Waals surface area contributed by atoms with Gasteiger partial charge in [-0.1, -0.05) is 30.3 Å². The van der Waals surface area contributed by atoms with Crippen LogP contribution in [0.2, 0.25) is 0 Å². The molecule has 1 aromatic rings. The molecule has 1 unspecified atom stereocenters. The molecule has 0 aromatic heterocycles. The summed E-state index contributed by atoms with van der Waals surface area (Å²) in [7, 11) is 0. The molecule has 2 aliphatic rings. The van der Waals surface area contributed by atoms with E-state index >= 15 is 0 Å². The number of ether oxygens (including phenoxy) is 1. The summed E-state index contributed by atoms with van der Waals surface area (Å²) in [5.74, 6) is 0.212. The summed E-state index contributed by atoms with van der Waals surface area (Å²) in [4.78, 5) is 16.7. The monoisotopic (exact) mass is 317 g/mol. The van der Waals surface area contributed by atoms with Gasteiger partial charge in [0.2, 0.25) is 5.91 Å². The minimum absolute atomic E-state index is 0.00978. The fourth-order valence-corrected chi connectivity index (χ4v) is 3.36. The number of benzene rings is 1. The molecule has 2 fully saturated rings. The lowest BCUT2D eigenvalue weighted by Crippen LogP contribution is -2.47. The Morgan fingerprint density at radius 1 is 1.17 bits per heavy atom. The largest absolute Gasteiger partial charge is 0.375 e. The molecule has 0 bridgehead atoms. The lowest BCUT2D eigenvalue weighted by Gasteiger charge is -2.35. The second-order valence-electron chi connectivity index (χ2n) is 6.64. The first kappa shape index (κ1) is 16.4. The van der Waals surface area contributed by atoms with Crippen LogP contribution in [0.25, 0.3) is 0 Å². The van der Waals surface area contributed by atoms with Crippen molar-refractivity contribution < 1.29 is 9.53 Å². The molecule has 2 heterocycles. The Hall–Kier alpha value is -1.43. The van der Waals surface area contributed by atoms with E-state index in [0.717, 1.165) is 45.6 Å². The van der Waals surface area contributed by atoms with Gasteiger partial charge in [0, 0.05) is 38.8 Å². The van der Waals surface area contributed by atoms with Crippen molar-refractivity contribution in [3.05, 3.63) is 35.9 Å². The summed E-state index contributed by atoms with van der Waals surface area (Å²) in [5, 5.41) is 0. The molecule has 0 aliphatic carbocycles. The molecule has 126 valence electrons. The van der Waals surface area contributed by atoms with Crippen LogP contribution in [0.1, 0.15) is 24.8 Å². The molecule has 23 heavy (non-hydrogen) atoms. The number of rotatable bonds is 4. The van der Waals surface area contributed by atoms with Crippen molar-refractivity contribution in [2.75, 3.05) is 32.8 Å². The average Bonchev–Trinajstić information content (AvgIpc) is 2.57. The van der Waals surface area contributed by atoms with E-state index in [1.54, 1.807) is 0 Å². The summed E-state index contributed by atoms with van der Waals surface area (Å²) in [5.41, 5.74) is 7.21. The number of carbonyl (C=O) groups is 1. The van der Waals surface area contributed by atoms with Crippen molar-refractivity contribution in [3.63, 3.8) is 0 Å². The van der Waals surface area contributed by atoms with Crippen molar-refractivity contribution in [1.29, 1.82) is 0 Å². The van der Waals surface area contributed by atoms with Gasteiger partial charge in [0.25, 0.3) is 0 Å². The third-order valence-electron chi connectivity index (χ3n) is 4.77. The minimum Gasteiger partial charge on any atom is -0.375 e. The van der Waals surface area contributed by atoms with Gasteiger partial charge in [-0.25, -0.2) is 0 Å². The number of hydrogen-bond acceptors (Lipinski definition) is 4. The highest BCUT2D eigenvalue weighted by molar-refractivity contribution is 5.76. The Bertz CT molecular complexity index is 500. The molecular formula is C18H27N3O2. The van der Waals surface area contributed by atoms with E-state index in [1.807, 2.05) is 11.0 Å². The Morgan fingerprint density at radius 3 is 2.65 bits per heavy atom.